The zero-order valence-corrected chi connectivity index (χ0v) is 31.9. The average Bonchev–Trinajstić information content (AvgIpc) is 3.43. The van der Waals surface area contributed by atoms with Crippen molar-refractivity contribution in [3.8, 4) is 22.6 Å². The first-order valence-corrected chi connectivity index (χ1v) is 19.1. The van der Waals surface area contributed by atoms with Crippen LogP contribution in [0, 0.1) is 6.92 Å². The molecule has 0 bridgehead atoms. The van der Waals surface area contributed by atoms with E-state index < -0.39 is 0 Å². The Morgan fingerprint density at radius 3 is 2.00 bits per heavy atom. The van der Waals surface area contributed by atoms with Crippen molar-refractivity contribution >= 4 is 46.8 Å². The summed E-state index contributed by atoms with van der Waals surface area (Å²) in [6.45, 7) is 23.0. The fourth-order valence-corrected chi connectivity index (χ4v) is 10.2. The molecule has 0 aromatic heterocycles. The third-order valence-electron chi connectivity index (χ3n) is 11.4. The standard InChI is InChI=1S/C45H47BN2OS/c1-26-21-32-33-23-29(45(8,9)10)25-37-41(33)48(34-20-17-28(44(5,6)7)24-36(34)49-37)46-39(32)35(22-26)47(30-18-15-27(16-19-30)43(2,3)4)42-40(46)31-13-11-12-14-38(31)50-42/h11-25,40,42H,1-10H3. The number of benzene rings is 5. The van der Waals surface area contributed by atoms with Crippen LogP contribution in [0.1, 0.15) is 95.9 Å². The van der Waals surface area contributed by atoms with Crippen LogP contribution in [-0.4, -0.2) is 12.2 Å². The summed E-state index contributed by atoms with van der Waals surface area (Å²) in [7, 11) is 0. The maximum atomic E-state index is 7.03. The number of thioether (sulfide) groups is 1. The fraction of sp³-hybridized carbons (Fsp3) is 0.333. The second kappa shape index (κ2) is 10.5. The van der Waals surface area contributed by atoms with E-state index in [0.29, 0.717) is 0 Å². The molecule has 0 saturated heterocycles. The molecular formula is C45H47BN2OS. The van der Waals surface area contributed by atoms with Gasteiger partial charge in [0.15, 0.2) is 5.75 Å². The Kier molecular flexibility index (Phi) is 6.68. The SMILES string of the molecule is Cc1cc2c3c(c1)N(c1ccc(C(C)(C)C)cc1)C1Sc4ccccc4C1B3N1c3ccc(C(C)(C)C)cc3Oc3cc(C(C)(C)C)cc-2c31. The zero-order valence-electron chi connectivity index (χ0n) is 31.1. The maximum Gasteiger partial charge on any atom is 0.307 e. The van der Waals surface area contributed by atoms with Gasteiger partial charge in [-0.2, -0.15) is 0 Å². The molecule has 0 spiro atoms. The molecule has 3 nitrogen and oxygen atoms in total. The molecule has 0 fully saturated rings. The van der Waals surface area contributed by atoms with Crippen LogP contribution in [-0.2, 0) is 16.2 Å². The van der Waals surface area contributed by atoms with Gasteiger partial charge >= 0.3 is 6.85 Å². The van der Waals surface area contributed by atoms with Gasteiger partial charge in [0.1, 0.15) is 5.75 Å². The predicted octanol–water partition coefficient (Wildman–Crippen LogP) is 11.9. The summed E-state index contributed by atoms with van der Waals surface area (Å²) in [6, 6.07) is 35.2. The van der Waals surface area contributed by atoms with Gasteiger partial charge in [0.05, 0.1) is 16.7 Å². The molecule has 0 radical (unpaired) electrons. The van der Waals surface area contributed by atoms with Crippen LogP contribution in [0.5, 0.6) is 11.5 Å². The quantitative estimate of drug-likeness (QED) is 0.164. The van der Waals surface area contributed by atoms with Gasteiger partial charge in [-0.25, -0.2) is 0 Å². The van der Waals surface area contributed by atoms with Crippen LogP contribution in [0.3, 0.4) is 0 Å². The molecule has 0 amide bonds. The normalized spacial score (nSPS) is 18.6. The number of hydrogen-bond donors (Lipinski definition) is 0. The molecule has 0 saturated carbocycles. The van der Waals surface area contributed by atoms with Crippen molar-refractivity contribution in [3.05, 3.63) is 119 Å². The number of aryl methyl sites for hydroxylation is 1. The monoisotopic (exact) mass is 674 g/mol. The fourth-order valence-electron chi connectivity index (χ4n) is 8.65. The van der Waals surface area contributed by atoms with Crippen molar-refractivity contribution in [1.29, 1.82) is 0 Å². The Balaban J connectivity index is 1.37. The summed E-state index contributed by atoms with van der Waals surface area (Å²) in [6.07, 6.45) is 0. The summed E-state index contributed by atoms with van der Waals surface area (Å²) < 4.78 is 7.03. The summed E-state index contributed by atoms with van der Waals surface area (Å²) in [5.41, 5.74) is 15.7. The Hall–Kier alpha value is -4.09. The highest BCUT2D eigenvalue weighted by molar-refractivity contribution is 8.00. The summed E-state index contributed by atoms with van der Waals surface area (Å²) in [5, 5.41) is 0.194. The van der Waals surface area contributed by atoms with E-state index in [0.717, 1.165) is 17.2 Å². The van der Waals surface area contributed by atoms with Crippen LogP contribution in [0.2, 0.25) is 0 Å². The van der Waals surface area contributed by atoms with Crippen LogP contribution in [0.4, 0.5) is 22.7 Å². The number of nitrogens with zero attached hydrogens (tertiary/aromatic N) is 2. The largest absolute Gasteiger partial charge is 0.453 e. The van der Waals surface area contributed by atoms with Gasteiger partial charge < -0.3 is 14.4 Å². The van der Waals surface area contributed by atoms with E-state index in [2.05, 4.69) is 170 Å². The number of rotatable bonds is 1. The van der Waals surface area contributed by atoms with Crippen LogP contribution >= 0.6 is 11.8 Å². The molecule has 4 aliphatic heterocycles. The Morgan fingerprint density at radius 1 is 0.640 bits per heavy atom. The van der Waals surface area contributed by atoms with E-state index in [-0.39, 0.29) is 34.3 Å². The van der Waals surface area contributed by atoms with Crippen molar-refractivity contribution < 1.29 is 4.74 Å². The number of hydrogen-bond acceptors (Lipinski definition) is 4. The smallest absolute Gasteiger partial charge is 0.307 e. The first kappa shape index (κ1) is 31.9. The van der Waals surface area contributed by atoms with Crippen molar-refractivity contribution in [2.75, 3.05) is 9.71 Å². The van der Waals surface area contributed by atoms with Gasteiger partial charge in [0.2, 0.25) is 0 Å². The van der Waals surface area contributed by atoms with E-state index in [9.17, 15) is 0 Å². The Labute approximate surface area is 303 Å². The molecule has 4 aliphatic rings. The first-order valence-electron chi connectivity index (χ1n) is 18.2. The van der Waals surface area contributed by atoms with Crippen LogP contribution in [0.15, 0.2) is 95.9 Å². The van der Waals surface area contributed by atoms with Gasteiger partial charge in [0, 0.05) is 27.7 Å². The lowest BCUT2D eigenvalue weighted by atomic mass is 9.38. The average molecular weight is 675 g/mol. The second-order valence-electron chi connectivity index (χ2n) is 18.0. The van der Waals surface area contributed by atoms with Gasteiger partial charge in [-0.05, 0) is 111 Å². The lowest BCUT2D eigenvalue weighted by Crippen LogP contribution is -2.62. The zero-order chi connectivity index (χ0) is 35.1. The highest BCUT2D eigenvalue weighted by atomic mass is 32.2. The minimum atomic E-state index is -0.0407. The van der Waals surface area contributed by atoms with Gasteiger partial charge in [0.25, 0.3) is 0 Å². The maximum absolute atomic E-state index is 7.03. The topological polar surface area (TPSA) is 15.7 Å². The molecule has 2 atom stereocenters. The van der Waals surface area contributed by atoms with E-state index >= 15 is 0 Å². The van der Waals surface area contributed by atoms with Gasteiger partial charge in [-0.3, -0.25) is 0 Å². The first-order chi connectivity index (χ1) is 23.6. The van der Waals surface area contributed by atoms with Crippen molar-refractivity contribution in [1.82, 2.24) is 0 Å². The van der Waals surface area contributed by atoms with Crippen molar-refractivity contribution in [2.24, 2.45) is 0 Å². The highest BCUT2D eigenvalue weighted by Crippen LogP contribution is 2.61. The van der Waals surface area contributed by atoms with Crippen molar-refractivity contribution in [2.45, 2.75) is 102 Å². The summed E-state index contributed by atoms with van der Waals surface area (Å²) in [4.78, 5) is 6.74. The Bertz CT molecular complexity index is 2220. The summed E-state index contributed by atoms with van der Waals surface area (Å²) >= 11 is 2.03. The van der Waals surface area contributed by atoms with Crippen molar-refractivity contribution in [3.63, 3.8) is 0 Å². The summed E-state index contributed by atoms with van der Waals surface area (Å²) in [5.74, 6) is 2.15. The minimum absolute atomic E-state index is 0.0102. The molecule has 50 heavy (non-hydrogen) atoms. The van der Waals surface area contributed by atoms with Gasteiger partial charge in [-0.15, -0.1) is 11.8 Å². The molecule has 2 unspecified atom stereocenters. The molecule has 5 heteroatoms. The number of fused-ring (bicyclic) bond motifs is 8. The predicted molar refractivity (Wildman–Crippen MR) is 214 cm³/mol. The number of anilines is 4. The molecule has 5 aromatic rings. The van der Waals surface area contributed by atoms with Gasteiger partial charge in [-0.1, -0.05) is 105 Å². The second-order valence-corrected chi connectivity index (χ2v) is 19.1. The molecule has 0 N–H and O–H groups in total. The molecule has 9 rings (SSSR count). The van der Waals surface area contributed by atoms with Crippen LogP contribution in [0.25, 0.3) is 11.1 Å². The molecule has 0 aliphatic carbocycles. The minimum Gasteiger partial charge on any atom is -0.453 e. The van der Waals surface area contributed by atoms with E-state index in [1.807, 2.05) is 11.8 Å². The highest BCUT2D eigenvalue weighted by Gasteiger charge is 2.57. The third-order valence-corrected chi connectivity index (χ3v) is 12.7. The molecular weight excluding hydrogens is 627 g/mol. The lowest BCUT2D eigenvalue weighted by Gasteiger charge is -2.52. The number of ether oxygens (including phenoxy) is 1. The Morgan fingerprint density at radius 2 is 1.30 bits per heavy atom. The van der Waals surface area contributed by atoms with Crippen LogP contribution < -0.4 is 19.9 Å². The molecule has 5 aromatic carbocycles. The lowest BCUT2D eigenvalue weighted by molar-refractivity contribution is 0.470. The van der Waals surface area contributed by atoms with E-state index in [1.54, 1.807) is 0 Å². The third kappa shape index (κ3) is 4.65. The molecule has 252 valence electrons. The van der Waals surface area contributed by atoms with E-state index in [1.165, 1.54) is 66.4 Å². The van der Waals surface area contributed by atoms with E-state index in [4.69, 9.17) is 4.74 Å². The molecule has 4 heterocycles.